The van der Waals surface area contributed by atoms with Gasteiger partial charge in [-0.2, -0.15) is 0 Å². The molecule has 1 amide bonds. The zero-order chi connectivity index (χ0) is 15.4. The summed E-state index contributed by atoms with van der Waals surface area (Å²) in [4.78, 5) is 16.4. The molecule has 2 aromatic carbocycles. The van der Waals surface area contributed by atoms with Crippen molar-refractivity contribution in [2.24, 2.45) is 0 Å². The Balaban J connectivity index is 1.66. The van der Waals surface area contributed by atoms with Crippen LogP contribution < -0.4 is 5.32 Å². The number of benzene rings is 2. The molecule has 1 heterocycles. The number of aromatic nitrogens is 1. The fraction of sp³-hybridized carbons (Fsp3) is 0.111. The molecule has 0 spiro atoms. The van der Waals surface area contributed by atoms with Gasteiger partial charge in [0.2, 0.25) is 0 Å². The van der Waals surface area contributed by atoms with E-state index in [1.807, 2.05) is 36.4 Å². The van der Waals surface area contributed by atoms with Crippen molar-refractivity contribution in [2.45, 2.75) is 6.42 Å². The van der Waals surface area contributed by atoms with Crippen LogP contribution in [0.25, 0.3) is 10.9 Å². The lowest BCUT2D eigenvalue weighted by Gasteiger charge is -2.06. The maximum atomic E-state index is 12.2. The minimum absolute atomic E-state index is 0.0761. The van der Waals surface area contributed by atoms with Gasteiger partial charge in [-0.05, 0) is 42.3 Å². The number of halogens is 1. The Morgan fingerprint density at radius 2 is 1.86 bits per heavy atom. The zero-order valence-electron chi connectivity index (χ0n) is 11.9. The predicted octanol–water partition coefficient (Wildman–Crippen LogP) is 3.86. The van der Waals surface area contributed by atoms with Crippen LogP contribution in [-0.4, -0.2) is 17.4 Å². The molecule has 0 atom stereocenters. The lowest BCUT2D eigenvalue weighted by Crippen LogP contribution is -2.25. The summed E-state index contributed by atoms with van der Waals surface area (Å²) in [5.41, 5.74) is 2.62. The van der Waals surface area contributed by atoms with Gasteiger partial charge in [-0.25, -0.2) is 4.98 Å². The van der Waals surface area contributed by atoms with Crippen LogP contribution in [0.3, 0.4) is 0 Å². The van der Waals surface area contributed by atoms with Crippen molar-refractivity contribution >= 4 is 28.4 Å². The third kappa shape index (κ3) is 3.43. The fourth-order valence-corrected chi connectivity index (χ4v) is 2.46. The monoisotopic (exact) mass is 310 g/mol. The molecule has 3 aromatic rings. The maximum absolute atomic E-state index is 12.2. The summed E-state index contributed by atoms with van der Waals surface area (Å²) in [6.07, 6.45) is 0.817. The van der Waals surface area contributed by atoms with E-state index >= 15 is 0 Å². The molecule has 0 aliphatic heterocycles. The van der Waals surface area contributed by atoms with Gasteiger partial charge in [0.15, 0.2) is 0 Å². The minimum atomic E-state index is -0.0761. The van der Waals surface area contributed by atoms with E-state index in [2.05, 4.69) is 22.4 Å². The first kappa shape index (κ1) is 14.5. The van der Waals surface area contributed by atoms with Gasteiger partial charge >= 0.3 is 0 Å². The third-order valence-electron chi connectivity index (χ3n) is 3.46. The second-order valence-electron chi connectivity index (χ2n) is 5.03. The summed E-state index contributed by atoms with van der Waals surface area (Å²) >= 11 is 5.86. The van der Waals surface area contributed by atoms with Crippen molar-refractivity contribution in [1.82, 2.24) is 10.3 Å². The molecule has 1 aromatic heterocycles. The van der Waals surface area contributed by atoms with Crippen LogP contribution in [0.5, 0.6) is 0 Å². The van der Waals surface area contributed by atoms with Crippen molar-refractivity contribution in [1.29, 1.82) is 0 Å². The molecule has 0 saturated heterocycles. The summed E-state index contributed by atoms with van der Waals surface area (Å²) in [6.45, 7) is 0.611. The molecule has 22 heavy (non-hydrogen) atoms. The van der Waals surface area contributed by atoms with Crippen LogP contribution in [0.4, 0.5) is 0 Å². The van der Waals surface area contributed by atoms with E-state index in [0.29, 0.717) is 17.3 Å². The number of carbonyl (C=O) groups excluding carboxylic acids is 1. The van der Waals surface area contributed by atoms with Gasteiger partial charge in [0, 0.05) is 17.5 Å². The smallest absolute Gasteiger partial charge is 0.251 e. The van der Waals surface area contributed by atoms with Crippen LogP contribution in [0.1, 0.15) is 15.9 Å². The van der Waals surface area contributed by atoms with Gasteiger partial charge in [0.05, 0.1) is 5.52 Å². The molecule has 0 unspecified atom stereocenters. The SMILES string of the molecule is O=C(NCCc1ccccc1)c1ccc2nc(Cl)ccc2c1. The second-order valence-corrected chi connectivity index (χ2v) is 5.42. The van der Waals surface area contributed by atoms with Crippen LogP contribution in [0.15, 0.2) is 60.7 Å². The average Bonchev–Trinajstić information content (AvgIpc) is 2.55. The van der Waals surface area contributed by atoms with E-state index in [-0.39, 0.29) is 5.91 Å². The van der Waals surface area contributed by atoms with Gasteiger partial charge in [-0.3, -0.25) is 4.79 Å². The highest BCUT2D eigenvalue weighted by Gasteiger charge is 2.06. The van der Waals surface area contributed by atoms with E-state index < -0.39 is 0 Å². The predicted molar refractivity (Wildman–Crippen MR) is 89.2 cm³/mol. The largest absolute Gasteiger partial charge is 0.352 e. The highest BCUT2D eigenvalue weighted by molar-refractivity contribution is 6.29. The number of rotatable bonds is 4. The molecule has 0 aliphatic rings. The Kier molecular flexibility index (Phi) is 4.35. The van der Waals surface area contributed by atoms with Crippen LogP contribution >= 0.6 is 11.6 Å². The van der Waals surface area contributed by atoms with E-state index in [0.717, 1.165) is 17.3 Å². The second kappa shape index (κ2) is 6.58. The molecule has 0 bridgehead atoms. The Hall–Kier alpha value is -2.39. The molecule has 110 valence electrons. The molecule has 1 N–H and O–H groups in total. The first-order valence-electron chi connectivity index (χ1n) is 7.11. The van der Waals surface area contributed by atoms with Gasteiger partial charge < -0.3 is 5.32 Å². The van der Waals surface area contributed by atoms with Gasteiger partial charge in [0.25, 0.3) is 5.91 Å². The standard InChI is InChI=1S/C18H15ClN2O/c19-17-9-7-14-12-15(6-8-16(14)21-17)18(22)20-11-10-13-4-2-1-3-5-13/h1-9,12H,10-11H2,(H,20,22). The van der Waals surface area contributed by atoms with Crippen molar-refractivity contribution in [3.8, 4) is 0 Å². The maximum Gasteiger partial charge on any atom is 0.251 e. The van der Waals surface area contributed by atoms with Gasteiger partial charge in [0.1, 0.15) is 5.15 Å². The molecule has 0 aliphatic carbocycles. The average molecular weight is 311 g/mol. The summed E-state index contributed by atoms with van der Waals surface area (Å²) < 4.78 is 0. The Morgan fingerprint density at radius 1 is 1.05 bits per heavy atom. The number of hydrogen-bond acceptors (Lipinski definition) is 2. The number of pyridine rings is 1. The number of fused-ring (bicyclic) bond motifs is 1. The Labute approximate surface area is 133 Å². The topological polar surface area (TPSA) is 42.0 Å². The summed E-state index contributed by atoms with van der Waals surface area (Å²) in [6, 6.07) is 19.1. The number of amides is 1. The molecule has 3 rings (SSSR count). The lowest BCUT2D eigenvalue weighted by molar-refractivity contribution is 0.0954. The van der Waals surface area contributed by atoms with Crippen LogP contribution in [-0.2, 0) is 6.42 Å². The fourth-order valence-electron chi connectivity index (χ4n) is 2.31. The van der Waals surface area contributed by atoms with Crippen LogP contribution in [0.2, 0.25) is 5.15 Å². The van der Waals surface area contributed by atoms with E-state index in [9.17, 15) is 4.79 Å². The molecule has 0 fully saturated rings. The molecule has 4 heteroatoms. The first-order valence-corrected chi connectivity index (χ1v) is 7.48. The minimum Gasteiger partial charge on any atom is -0.352 e. The zero-order valence-corrected chi connectivity index (χ0v) is 12.7. The van der Waals surface area contributed by atoms with Crippen molar-refractivity contribution in [2.75, 3.05) is 6.54 Å². The quantitative estimate of drug-likeness (QED) is 0.743. The summed E-state index contributed by atoms with van der Waals surface area (Å²) in [5, 5.41) is 4.29. The normalized spacial score (nSPS) is 10.6. The van der Waals surface area contributed by atoms with E-state index in [1.54, 1.807) is 12.1 Å². The van der Waals surface area contributed by atoms with E-state index in [1.165, 1.54) is 5.56 Å². The highest BCUT2D eigenvalue weighted by atomic mass is 35.5. The van der Waals surface area contributed by atoms with Gasteiger partial charge in [-0.15, -0.1) is 0 Å². The highest BCUT2D eigenvalue weighted by Crippen LogP contribution is 2.17. The van der Waals surface area contributed by atoms with Crippen molar-refractivity contribution in [3.63, 3.8) is 0 Å². The first-order chi connectivity index (χ1) is 10.7. The van der Waals surface area contributed by atoms with Crippen LogP contribution in [0, 0.1) is 0 Å². The van der Waals surface area contributed by atoms with Crippen molar-refractivity contribution in [3.05, 3.63) is 76.9 Å². The molecule has 0 saturated carbocycles. The number of nitrogens with one attached hydrogen (secondary N) is 1. The molecule has 0 radical (unpaired) electrons. The Bertz CT molecular complexity index is 803. The summed E-state index contributed by atoms with van der Waals surface area (Å²) in [7, 11) is 0. The Morgan fingerprint density at radius 3 is 2.68 bits per heavy atom. The van der Waals surface area contributed by atoms with Gasteiger partial charge in [-0.1, -0.05) is 41.9 Å². The number of hydrogen-bond donors (Lipinski definition) is 1. The summed E-state index contributed by atoms with van der Waals surface area (Å²) in [5.74, 6) is -0.0761. The van der Waals surface area contributed by atoms with E-state index in [4.69, 9.17) is 11.6 Å². The number of carbonyl (C=O) groups is 1. The van der Waals surface area contributed by atoms with Crippen molar-refractivity contribution < 1.29 is 4.79 Å². The molecular formula is C18H15ClN2O. The lowest BCUT2D eigenvalue weighted by atomic mass is 10.1. The number of nitrogens with zero attached hydrogens (tertiary/aromatic N) is 1. The molecular weight excluding hydrogens is 296 g/mol. The third-order valence-corrected chi connectivity index (χ3v) is 3.67. The molecule has 3 nitrogen and oxygen atoms in total.